The lowest BCUT2D eigenvalue weighted by atomic mass is 9.98. The lowest BCUT2D eigenvalue weighted by Gasteiger charge is -2.17. The Morgan fingerprint density at radius 3 is 2.25 bits per heavy atom. The van der Waals surface area contributed by atoms with Gasteiger partial charge < -0.3 is 4.74 Å². The Hall–Kier alpha value is -1.18. The third-order valence-corrected chi connectivity index (χ3v) is 4.34. The van der Waals surface area contributed by atoms with E-state index in [2.05, 4.69) is 13.0 Å². The maximum atomic E-state index is 6.65. The molecule has 20 heavy (non-hydrogen) atoms. The average molecular weight is 309 g/mol. The molecule has 0 N–H and O–H groups in total. The molecule has 0 aliphatic rings. The summed E-state index contributed by atoms with van der Waals surface area (Å²) in [6.07, 6.45) is 0. The smallest absolute Gasteiger partial charge is 0.123 e. The monoisotopic (exact) mass is 308 g/mol. The first-order valence-corrected chi connectivity index (χ1v) is 7.30. The molecule has 1 unspecified atom stereocenters. The molecule has 2 aromatic carbocycles. The zero-order chi connectivity index (χ0) is 14.9. The van der Waals surface area contributed by atoms with Crippen molar-refractivity contribution in [2.75, 3.05) is 7.11 Å². The number of hydrogen-bond acceptors (Lipinski definition) is 1. The van der Waals surface area contributed by atoms with Crippen LogP contribution in [0.15, 0.2) is 30.3 Å². The molecule has 0 spiro atoms. The van der Waals surface area contributed by atoms with E-state index < -0.39 is 0 Å². The van der Waals surface area contributed by atoms with Crippen LogP contribution in [0.3, 0.4) is 0 Å². The maximum absolute atomic E-state index is 6.65. The van der Waals surface area contributed by atoms with Gasteiger partial charge in [-0.1, -0.05) is 35.4 Å². The minimum Gasteiger partial charge on any atom is -0.496 e. The van der Waals surface area contributed by atoms with Crippen LogP contribution in [0.2, 0.25) is 5.02 Å². The van der Waals surface area contributed by atoms with E-state index in [0.717, 1.165) is 22.4 Å². The molecule has 0 amide bonds. The van der Waals surface area contributed by atoms with Gasteiger partial charge in [0, 0.05) is 10.6 Å². The van der Waals surface area contributed by atoms with E-state index in [1.165, 1.54) is 11.1 Å². The Bertz CT molecular complexity index is 635. The predicted molar refractivity (Wildman–Crippen MR) is 86.4 cm³/mol. The minimum atomic E-state index is -0.323. The molecular weight excluding hydrogens is 291 g/mol. The second kappa shape index (κ2) is 6.07. The fourth-order valence-electron chi connectivity index (χ4n) is 2.22. The number of methoxy groups -OCH3 is 1. The van der Waals surface area contributed by atoms with Crippen molar-refractivity contribution in [3.8, 4) is 5.75 Å². The summed E-state index contributed by atoms with van der Waals surface area (Å²) in [4.78, 5) is 0. The number of halogens is 2. The van der Waals surface area contributed by atoms with Crippen molar-refractivity contribution in [1.82, 2.24) is 0 Å². The van der Waals surface area contributed by atoms with E-state index in [-0.39, 0.29) is 5.38 Å². The van der Waals surface area contributed by atoms with Crippen molar-refractivity contribution < 1.29 is 4.74 Å². The normalized spacial score (nSPS) is 12.3. The second-order valence-electron chi connectivity index (χ2n) is 5.07. The van der Waals surface area contributed by atoms with Crippen LogP contribution in [0.25, 0.3) is 0 Å². The van der Waals surface area contributed by atoms with Crippen molar-refractivity contribution in [3.05, 3.63) is 63.2 Å². The van der Waals surface area contributed by atoms with Crippen LogP contribution in [-0.4, -0.2) is 7.11 Å². The quantitative estimate of drug-likeness (QED) is 0.670. The van der Waals surface area contributed by atoms with Gasteiger partial charge in [0.1, 0.15) is 5.75 Å². The Balaban J connectivity index is 2.54. The predicted octanol–water partition coefficient (Wildman–Crippen LogP) is 5.60. The number of alkyl halides is 1. The molecule has 0 bridgehead atoms. The number of ether oxygens (including phenoxy) is 1. The summed E-state index contributed by atoms with van der Waals surface area (Å²) in [5, 5.41) is 0.369. The molecule has 1 atom stereocenters. The average Bonchev–Trinajstić information content (AvgIpc) is 2.42. The molecule has 0 saturated carbocycles. The minimum absolute atomic E-state index is 0.323. The topological polar surface area (TPSA) is 9.23 Å². The molecule has 0 aliphatic heterocycles. The van der Waals surface area contributed by atoms with E-state index in [1.807, 2.05) is 38.1 Å². The van der Waals surface area contributed by atoms with Gasteiger partial charge in [-0.3, -0.25) is 0 Å². The van der Waals surface area contributed by atoms with Crippen molar-refractivity contribution >= 4 is 23.2 Å². The third-order valence-electron chi connectivity index (χ3n) is 3.54. The van der Waals surface area contributed by atoms with Crippen molar-refractivity contribution in [1.29, 1.82) is 0 Å². The highest BCUT2D eigenvalue weighted by Crippen LogP contribution is 2.39. The molecule has 1 nitrogen and oxygen atoms in total. The van der Waals surface area contributed by atoms with Crippen LogP contribution < -0.4 is 4.74 Å². The zero-order valence-electron chi connectivity index (χ0n) is 12.1. The van der Waals surface area contributed by atoms with E-state index in [0.29, 0.717) is 5.02 Å². The summed E-state index contributed by atoms with van der Waals surface area (Å²) in [5.41, 5.74) is 5.35. The summed E-state index contributed by atoms with van der Waals surface area (Å²) >= 11 is 13.0. The van der Waals surface area contributed by atoms with Gasteiger partial charge in [0.25, 0.3) is 0 Å². The molecule has 0 aliphatic carbocycles. The Labute approximate surface area is 130 Å². The van der Waals surface area contributed by atoms with E-state index in [1.54, 1.807) is 7.11 Å². The van der Waals surface area contributed by atoms with Crippen LogP contribution in [0, 0.1) is 20.8 Å². The second-order valence-corrected chi connectivity index (χ2v) is 5.91. The van der Waals surface area contributed by atoms with Gasteiger partial charge in [-0.15, -0.1) is 11.6 Å². The zero-order valence-corrected chi connectivity index (χ0v) is 13.6. The Morgan fingerprint density at radius 2 is 1.60 bits per heavy atom. The molecule has 0 heterocycles. The van der Waals surface area contributed by atoms with Gasteiger partial charge in [-0.2, -0.15) is 0 Å². The molecule has 2 aromatic rings. The van der Waals surface area contributed by atoms with Crippen LogP contribution in [0.4, 0.5) is 0 Å². The molecule has 0 aromatic heterocycles. The van der Waals surface area contributed by atoms with Gasteiger partial charge in [-0.25, -0.2) is 0 Å². The number of aryl methyl sites for hydroxylation is 3. The molecule has 0 saturated heterocycles. The maximum Gasteiger partial charge on any atom is 0.123 e. The van der Waals surface area contributed by atoms with Crippen LogP contribution in [0.1, 0.15) is 33.2 Å². The first kappa shape index (κ1) is 15.2. The molecular formula is C17H18Cl2O. The summed E-state index contributed by atoms with van der Waals surface area (Å²) in [6, 6.07) is 10.0. The Morgan fingerprint density at radius 1 is 0.950 bits per heavy atom. The summed E-state index contributed by atoms with van der Waals surface area (Å²) in [7, 11) is 1.65. The fourth-order valence-corrected chi connectivity index (χ4v) is 2.95. The highest BCUT2D eigenvalue weighted by atomic mass is 35.5. The highest BCUT2D eigenvalue weighted by Gasteiger charge is 2.19. The Kier molecular flexibility index (Phi) is 4.62. The molecule has 0 fully saturated rings. The number of benzene rings is 2. The standard InChI is InChI=1S/C17H18Cl2O/c1-10-5-6-16(20-4)14(7-10)17(19)13-8-11(2)12(3)9-15(13)18/h5-9,17H,1-4H3. The van der Waals surface area contributed by atoms with Gasteiger partial charge in [0.05, 0.1) is 12.5 Å². The van der Waals surface area contributed by atoms with Gasteiger partial charge >= 0.3 is 0 Å². The SMILES string of the molecule is COc1ccc(C)cc1C(Cl)c1cc(C)c(C)cc1Cl. The van der Waals surface area contributed by atoms with E-state index in [4.69, 9.17) is 27.9 Å². The van der Waals surface area contributed by atoms with Crippen LogP contribution in [0.5, 0.6) is 5.75 Å². The van der Waals surface area contributed by atoms with Gasteiger partial charge in [-0.05, 0) is 49.6 Å². The summed E-state index contributed by atoms with van der Waals surface area (Å²) in [5.74, 6) is 0.782. The van der Waals surface area contributed by atoms with Crippen LogP contribution >= 0.6 is 23.2 Å². The van der Waals surface area contributed by atoms with E-state index in [9.17, 15) is 0 Å². The van der Waals surface area contributed by atoms with Gasteiger partial charge in [0.15, 0.2) is 0 Å². The van der Waals surface area contributed by atoms with Crippen LogP contribution in [-0.2, 0) is 0 Å². The fraction of sp³-hybridized carbons (Fsp3) is 0.294. The lowest BCUT2D eigenvalue weighted by molar-refractivity contribution is 0.410. The highest BCUT2D eigenvalue weighted by molar-refractivity contribution is 6.33. The summed E-state index contributed by atoms with van der Waals surface area (Å²) < 4.78 is 5.41. The number of hydrogen-bond donors (Lipinski definition) is 0. The molecule has 2 rings (SSSR count). The van der Waals surface area contributed by atoms with Crippen molar-refractivity contribution in [2.45, 2.75) is 26.1 Å². The largest absolute Gasteiger partial charge is 0.496 e. The number of rotatable bonds is 3. The third kappa shape index (κ3) is 2.94. The lowest BCUT2D eigenvalue weighted by Crippen LogP contribution is -2.00. The summed E-state index contributed by atoms with van der Waals surface area (Å²) in [6.45, 7) is 6.14. The molecule has 3 heteroatoms. The van der Waals surface area contributed by atoms with E-state index >= 15 is 0 Å². The van der Waals surface area contributed by atoms with Crippen molar-refractivity contribution in [2.24, 2.45) is 0 Å². The molecule has 0 radical (unpaired) electrons. The first-order chi connectivity index (χ1) is 9.43. The van der Waals surface area contributed by atoms with Crippen molar-refractivity contribution in [3.63, 3.8) is 0 Å². The first-order valence-electron chi connectivity index (χ1n) is 6.49. The van der Waals surface area contributed by atoms with Gasteiger partial charge in [0.2, 0.25) is 0 Å². The molecule has 106 valence electrons.